The van der Waals surface area contributed by atoms with E-state index >= 15 is 0 Å². The molecular weight excluding hydrogens is 278 g/mol. The molecule has 1 amide bonds. The molecule has 3 aliphatic rings. The maximum absolute atomic E-state index is 12.2. The number of carbonyl (C=O) groups excluding carboxylic acids is 1. The Morgan fingerprint density at radius 1 is 1.10 bits per heavy atom. The van der Waals surface area contributed by atoms with Crippen molar-refractivity contribution < 1.29 is 9.53 Å². The van der Waals surface area contributed by atoms with Crippen LogP contribution in [0, 0.1) is 5.41 Å². The van der Waals surface area contributed by atoms with E-state index in [9.17, 15) is 4.79 Å². The van der Waals surface area contributed by atoms with Gasteiger partial charge in [0.2, 0.25) is 5.91 Å². The zero-order chi connectivity index (χ0) is 13.1. The van der Waals surface area contributed by atoms with Gasteiger partial charge in [-0.25, -0.2) is 0 Å². The number of halogens is 1. The Bertz CT molecular complexity index is 328. The summed E-state index contributed by atoms with van der Waals surface area (Å²) in [5.74, 6) is 0.286. The minimum absolute atomic E-state index is 0. The highest BCUT2D eigenvalue weighted by atomic mass is 35.5. The Kier molecular flexibility index (Phi) is 5.66. The fourth-order valence-corrected chi connectivity index (χ4v) is 3.63. The number of morpholine rings is 1. The predicted molar refractivity (Wildman–Crippen MR) is 80.2 cm³/mol. The SMILES string of the molecule is Cl.O=C(CN1CCC2(CCNCC2)C1)N1CCOCC1. The van der Waals surface area contributed by atoms with Gasteiger partial charge in [0, 0.05) is 19.6 Å². The molecule has 0 saturated carbocycles. The normalized spacial score (nSPS) is 26.5. The molecule has 0 unspecified atom stereocenters. The molecule has 0 aromatic rings. The molecule has 0 aromatic carbocycles. The maximum Gasteiger partial charge on any atom is 0.236 e. The van der Waals surface area contributed by atoms with Gasteiger partial charge in [-0.05, 0) is 44.3 Å². The number of nitrogens with one attached hydrogen (secondary N) is 1. The van der Waals surface area contributed by atoms with E-state index in [2.05, 4.69) is 10.2 Å². The van der Waals surface area contributed by atoms with Gasteiger partial charge in [0.25, 0.3) is 0 Å². The van der Waals surface area contributed by atoms with Crippen LogP contribution in [0.25, 0.3) is 0 Å². The molecule has 116 valence electrons. The van der Waals surface area contributed by atoms with E-state index in [0.717, 1.165) is 39.3 Å². The first-order chi connectivity index (χ1) is 9.27. The van der Waals surface area contributed by atoms with E-state index in [1.54, 1.807) is 0 Å². The quantitative estimate of drug-likeness (QED) is 0.799. The van der Waals surface area contributed by atoms with Crippen LogP contribution in [-0.4, -0.2) is 74.7 Å². The Balaban J connectivity index is 0.00000147. The second-order valence-corrected chi connectivity index (χ2v) is 6.20. The topological polar surface area (TPSA) is 44.8 Å². The van der Waals surface area contributed by atoms with Crippen molar-refractivity contribution >= 4 is 18.3 Å². The number of carbonyl (C=O) groups is 1. The van der Waals surface area contributed by atoms with Gasteiger partial charge in [0.05, 0.1) is 19.8 Å². The lowest BCUT2D eigenvalue weighted by Crippen LogP contribution is -2.46. The summed E-state index contributed by atoms with van der Waals surface area (Å²) in [4.78, 5) is 16.6. The van der Waals surface area contributed by atoms with Crippen molar-refractivity contribution in [2.45, 2.75) is 19.3 Å². The zero-order valence-corrected chi connectivity index (χ0v) is 12.9. The summed E-state index contributed by atoms with van der Waals surface area (Å²) in [6.07, 6.45) is 3.82. The Morgan fingerprint density at radius 2 is 1.80 bits per heavy atom. The fourth-order valence-electron chi connectivity index (χ4n) is 3.63. The van der Waals surface area contributed by atoms with Crippen LogP contribution in [0.15, 0.2) is 0 Å². The standard InChI is InChI=1S/C14H25N3O2.ClH/c18-13(17-7-9-19-10-8-17)11-16-6-3-14(12-16)1-4-15-5-2-14;/h15H,1-12H2;1H. The van der Waals surface area contributed by atoms with Crippen LogP contribution in [0.4, 0.5) is 0 Å². The van der Waals surface area contributed by atoms with Gasteiger partial charge in [-0.2, -0.15) is 0 Å². The third kappa shape index (κ3) is 3.64. The van der Waals surface area contributed by atoms with Gasteiger partial charge in [-0.1, -0.05) is 0 Å². The number of hydrogen-bond acceptors (Lipinski definition) is 4. The van der Waals surface area contributed by atoms with Crippen molar-refractivity contribution in [1.82, 2.24) is 15.1 Å². The third-order valence-electron chi connectivity index (χ3n) is 4.90. The van der Waals surface area contributed by atoms with Crippen molar-refractivity contribution in [3.8, 4) is 0 Å². The van der Waals surface area contributed by atoms with Gasteiger partial charge < -0.3 is 15.0 Å². The molecule has 0 radical (unpaired) electrons. The first-order valence-electron chi connectivity index (χ1n) is 7.56. The zero-order valence-electron chi connectivity index (χ0n) is 12.1. The lowest BCUT2D eigenvalue weighted by atomic mass is 9.78. The van der Waals surface area contributed by atoms with E-state index < -0.39 is 0 Å². The number of hydrogen-bond donors (Lipinski definition) is 1. The van der Waals surface area contributed by atoms with E-state index in [-0.39, 0.29) is 18.3 Å². The van der Waals surface area contributed by atoms with Gasteiger partial charge in [0.15, 0.2) is 0 Å². The Hall–Kier alpha value is -0.360. The summed E-state index contributed by atoms with van der Waals surface area (Å²) in [7, 11) is 0. The average Bonchev–Trinajstić information content (AvgIpc) is 2.83. The third-order valence-corrected chi connectivity index (χ3v) is 4.90. The van der Waals surface area contributed by atoms with Crippen molar-refractivity contribution in [3.63, 3.8) is 0 Å². The molecule has 0 bridgehead atoms. The second-order valence-electron chi connectivity index (χ2n) is 6.20. The van der Waals surface area contributed by atoms with Crippen LogP contribution in [-0.2, 0) is 9.53 Å². The van der Waals surface area contributed by atoms with E-state index in [4.69, 9.17) is 4.74 Å². The number of amides is 1. The summed E-state index contributed by atoms with van der Waals surface area (Å²) in [5, 5.41) is 3.44. The maximum atomic E-state index is 12.2. The molecular formula is C14H26ClN3O2. The van der Waals surface area contributed by atoms with Crippen molar-refractivity contribution in [3.05, 3.63) is 0 Å². The van der Waals surface area contributed by atoms with Gasteiger partial charge >= 0.3 is 0 Å². The van der Waals surface area contributed by atoms with Crippen LogP contribution >= 0.6 is 12.4 Å². The molecule has 1 spiro atoms. The number of rotatable bonds is 2. The lowest BCUT2D eigenvalue weighted by molar-refractivity contribution is -0.136. The molecule has 3 fully saturated rings. The van der Waals surface area contributed by atoms with Crippen LogP contribution in [0.2, 0.25) is 0 Å². The fraction of sp³-hybridized carbons (Fsp3) is 0.929. The summed E-state index contributed by atoms with van der Waals surface area (Å²) in [5.41, 5.74) is 0.497. The molecule has 0 aliphatic carbocycles. The molecule has 3 aliphatic heterocycles. The Labute approximate surface area is 127 Å². The van der Waals surface area contributed by atoms with E-state index in [1.165, 1.54) is 19.3 Å². The lowest BCUT2D eigenvalue weighted by Gasteiger charge is -2.34. The van der Waals surface area contributed by atoms with Crippen LogP contribution in [0.5, 0.6) is 0 Å². The minimum Gasteiger partial charge on any atom is -0.378 e. The predicted octanol–water partition coefficient (Wildman–Crippen LogP) is 0.343. The highest BCUT2D eigenvalue weighted by Gasteiger charge is 2.39. The molecule has 0 aromatic heterocycles. The minimum atomic E-state index is 0. The van der Waals surface area contributed by atoms with Crippen molar-refractivity contribution in [1.29, 1.82) is 0 Å². The van der Waals surface area contributed by atoms with E-state index in [0.29, 0.717) is 25.2 Å². The van der Waals surface area contributed by atoms with Crippen LogP contribution in [0.1, 0.15) is 19.3 Å². The number of likely N-dealkylation sites (tertiary alicyclic amines) is 1. The largest absolute Gasteiger partial charge is 0.378 e. The summed E-state index contributed by atoms with van der Waals surface area (Å²) in [6, 6.07) is 0. The molecule has 0 atom stereocenters. The number of piperidine rings is 1. The monoisotopic (exact) mass is 303 g/mol. The summed E-state index contributed by atoms with van der Waals surface area (Å²) < 4.78 is 5.30. The number of ether oxygens (including phenoxy) is 1. The molecule has 1 N–H and O–H groups in total. The molecule has 3 rings (SSSR count). The Morgan fingerprint density at radius 3 is 2.50 bits per heavy atom. The van der Waals surface area contributed by atoms with Gasteiger partial charge in [0.1, 0.15) is 0 Å². The van der Waals surface area contributed by atoms with Gasteiger partial charge in [-0.3, -0.25) is 9.69 Å². The summed E-state index contributed by atoms with van der Waals surface area (Å²) in [6.45, 7) is 8.03. The highest BCUT2D eigenvalue weighted by Crippen LogP contribution is 2.38. The molecule has 5 nitrogen and oxygen atoms in total. The molecule has 3 saturated heterocycles. The average molecular weight is 304 g/mol. The first kappa shape index (κ1) is 16.0. The van der Waals surface area contributed by atoms with Crippen molar-refractivity contribution in [2.75, 3.05) is 59.0 Å². The first-order valence-corrected chi connectivity index (χ1v) is 7.56. The molecule has 20 heavy (non-hydrogen) atoms. The van der Waals surface area contributed by atoms with Gasteiger partial charge in [-0.15, -0.1) is 12.4 Å². The van der Waals surface area contributed by atoms with Crippen LogP contribution in [0.3, 0.4) is 0 Å². The smallest absolute Gasteiger partial charge is 0.236 e. The van der Waals surface area contributed by atoms with Crippen molar-refractivity contribution in [2.24, 2.45) is 5.41 Å². The summed E-state index contributed by atoms with van der Waals surface area (Å²) >= 11 is 0. The molecule has 3 heterocycles. The van der Waals surface area contributed by atoms with Crippen LogP contribution < -0.4 is 5.32 Å². The van der Waals surface area contributed by atoms with E-state index in [1.807, 2.05) is 4.90 Å². The number of nitrogens with zero attached hydrogens (tertiary/aromatic N) is 2. The molecule has 6 heteroatoms. The second kappa shape index (κ2) is 7.07. The highest BCUT2D eigenvalue weighted by molar-refractivity contribution is 5.85.